The molecule has 0 aromatic heterocycles. The Morgan fingerprint density at radius 2 is 1.67 bits per heavy atom. The second-order valence-electron chi connectivity index (χ2n) is 6.65. The van der Waals surface area contributed by atoms with Gasteiger partial charge in [0.25, 0.3) is 0 Å². The Morgan fingerprint density at radius 3 is 2.30 bits per heavy atom. The van der Waals surface area contributed by atoms with Gasteiger partial charge in [0.1, 0.15) is 5.82 Å². The molecule has 0 spiro atoms. The lowest BCUT2D eigenvalue weighted by Crippen LogP contribution is -2.52. The molecule has 1 aliphatic heterocycles. The number of nitrogens with zero attached hydrogens (tertiary/aromatic N) is 2. The molecule has 142 valence electrons. The SMILES string of the molecule is CC(=O)c1ccc(N2CCN(C(=O)NCCc3ccccc3F)CC2)cc1. The van der Waals surface area contributed by atoms with Gasteiger partial charge in [0.15, 0.2) is 5.78 Å². The summed E-state index contributed by atoms with van der Waals surface area (Å²) >= 11 is 0. The third-order valence-corrected chi connectivity index (χ3v) is 4.83. The van der Waals surface area contributed by atoms with Gasteiger partial charge in [-0.05, 0) is 49.2 Å². The van der Waals surface area contributed by atoms with E-state index in [1.54, 1.807) is 30.0 Å². The van der Waals surface area contributed by atoms with Crippen LogP contribution in [0.4, 0.5) is 14.9 Å². The lowest BCUT2D eigenvalue weighted by molar-refractivity contribution is 0.101. The molecule has 2 aromatic carbocycles. The molecule has 27 heavy (non-hydrogen) atoms. The van der Waals surface area contributed by atoms with Crippen LogP contribution in [0, 0.1) is 5.82 Å². The second-order valence-corrected chi connectivity index (χ2v) is 6.65. The standard InChI is InChI=1S/C21H24FN3O2/c1-16(26)17-6-8-19(9-7-17)24-12-14-25(15-13-24)21(27)23-11-10-18-4-2-3-5-20(18)22/h2-9H,10-15H2,1H3,(H,23,27). The monoisotopic (exact) mass is 369 g/mol. The molecule has 6 heteroatoms. The number of anilines is 1. The Morgan fingerprint density at radius 1 is 1.00 bits per heavy atom. The molecule has 0 atom stereocenters. The van der Waals surface area contributed by atoms with E-state index in [1.807, 2.05) is 24.3 Å². The van der Waals surface area contributed by atoms with E-state index in [1.165, 1.54) is 6.07 Å². The molecule has 1 fully saturated rings. The zero-order valence-corrected chi connectivity index (χ0v) is 15.5. The lowest BCUT2D eigenvalue weighted by Gasteiger charge is -2.36. The minimum Gasteiger partial charge on any atom is -0.368 e. The molecule has 1 heterocycles. The number of nitrogens with one attached hydrogen (secondary N) is 1. The predicted molar refractivity (Wildman–Crippen MR) is 104 cm³/mol. The number of hydrogen-bond acceptors (Lipinski definition) is 3. The number of hydrogen-bond donors (Lipinski definition) is 1. The molecule has 0 radical (unpaired) electrons. The number of amides is 2. The third kappa shape index (κ3) is 4.84. The molecule has 2 amide bonds. The summed E-state index contributed by atoms with van der Waals surface area (Å²) in [5.74, 6) is -0.186. The van der Waals surface area contributed by atoms with Gasteiger partial charge in [-0.15, -0.1) is 0 Å². The van der Waals surface area contributed by atoms with Crippen LogP contribution in [0.1, 0.15) is 22.8 Å². The summed E-state index contributed by atoms with van der Waals surface area (Å²) in [6.45, 7) is 4.69. The van der Waals surface area contributed by atoms with E-state index in [2.05, 4.69) is 10.2 Å². The number of urea groups is 1. The van der Waals surface area contributed by atoms with Crippen molar-refractivity contribution in [2.75, 3.05) is 37.6 Å². The molecule has 1 N–H and O–H groups in total. The smallest absolute Gasteiger partial charge is 0.317 e. The van der Waals surface area contributed by atoms with E-state index < -0.39 is 0 Å². The number of rotatable bonds is 5. The topological polar surface area (TPSA) is 52.7 Å². The average Bonchev–Trinajstić information content (AvgIpc) is 2.69. The van der Waals surface area contributed by atoms with Gasteiger partial charge in [0.2, 0.25) is 0 Å². The summed E-state index contributed by atoms with van der Waals surface area (Å²) in [4.78, 5) is 27.6. The van der Waals surface area contributed by atoms with Crippen molar-refractivity contribution < 1.29 is 14.0 Å². The van der Waals surface area contributed by atoms with Gasteiger partial charge < -0.3 is 15.1 Å². The molecule has 1 aliphatic rings. The molecule has 2 aromatic rings. The van der Waals surface area contributed by atoms with Gasteiger partial charge in [0, 0.05) is 44.0 Å². The van der Waals surface area contributed by atoms with Gasteiger partial charge in [-0.3, -0.25) is 4.79 Å². The van der Waals surface area contributed by atoms with Crippen molar-refractivity contribution in [1.82, 2.24) is 10.2 Å². The Labute approximate surface area is 158 Å². The van der Waals surface area contributed by atoms with Crippen LogP contribution in [-0.2, 0) is 6.42 Å². The number of carbonyl (C=O) groups is 2. The normalized spacial score (nSPS) is 14.1. The van der Waals surface area contributed by atoms with Crippen molar-refractivity contribution in [1.29, 1.82) is 0 Å². The van der Waals surface area contributed by atoms with Crippen molar-refractivity contribution >= 4 is 17.5 Å². The Bertz CT molecular complexity index is 799. The van der Waals surface area contributed by atoms with Crippen molar-refractivity contribution in [3.05, 3.63) is 65.5 Å². The van der Waals surface area contributed by atoms with E-state index in [4.69, 9.17) is 0 Å². The number of benzene rings is 2. The highest BCUT2D eigenvalue weighted by molar-refractivity contribution is 5.94. The number of halogens is 1. The number of Topliss-reactive ketones (excluding diaryl/α,β-unsaturated/α-hetero) is 1. The summed E-state index contributed by atoms with van der Waals surface area (Å²) < 4.78 is 13.6. The molecule has 0 bridgehead atoms. The van der Waals surface area contributed by atoms with Gasteiger partial charge in [-0.2, -0.15) is 0 Å². The largest absolute Gasteiger partial charge is 0.368 e. The van der Waals surface area contributed by atoms with Crippen molar-refractivity contribution in [3.8, 4) is 0 Å². The molecule has 1 saturated heterocycles. The maximum atomic E-state index is 13.6. The van der Waals surface area contributed by atoms with Gasteiger partial charge in [-0.25, -0.2) is 9.18 Å². The molecular formula is C21H24FN3O2. The van der Waals surface area contributed by atoms with Crippen LogP contribution in [0.25, 0.3) is 0 Å². The highest BCUT2D eigenvalue weighted by atomic mass is 19.1. The third-order valence-electron chi connectivity index (χ3n) is 4.83. The average molecular weight is 369 g/mol. The van der Waals surface area contributed by atoms with Gasteiger partial charge in [-0.1, -0.05) is 18.2 Å². The zero-order chi connectivity index (χ0) is 19.2. The highest BCUT2D eigenvalue weighted by Gasteiger charge is 2.21. The van der Waals surface area contributed by atoms with Crippen LogP contribution in [0.15, 0.2) is 48.5 Å². The van der Waals surface area contributed by atoms with E-state index >= 15 is 0 Å². The minimum atomic E-state index is -0.240. The van der Waals surface area contributed by atoms with Crippen LogP contribution < -0.4 is 10.2 Å². The van der Waals surface area contributed by atoms with Crippen LogP contribution in [0.5, 0.6) is 0 Å². The first kappa shape index (κ1) is 18.9. The van der Waals surface area contributed by atoms with Crippen LogP contribution in [-0.4, -0.2) is 49.4 Å². The molecular weight excluding hydrogens is 345 g/mol. The summed E-state index contributed by atoms with van der Waals surface area (Å²) in [7, 11) is 0. The summed E-state index contributed by atoms with van der Waals surface area (Å²) in [5.41, 5.74) is 2.36. The van der Waals surface area contributed by atoms with Crippen LogP contribution >= 0.6 is 0 Å². The maximum absolute atomic E-state index is 13.6. The van der Waals surface area contributed by atoms with Crippen molar-refractivity contribution in [2.45, 2.75) is 13.3 Å². The van der Waals surface area contributed by atoms with Gasteiger partial charge >= 0.3 is 6.03 Å². The number of ketones is 1. The first-order chi connectivity index (χ1) is 13.0. The first-order valence-electron chi connectivity index (χ1n) is 9.17. The zero-order valence-electron chi connectivity index (χ0n) is 15.5. The fraction of sp³-hybridized carbons (Fsp3) is 0.333. The van der Waals surface area contributed by atoms with Crippen LogP contribution in [0.3, 0.4) is 0 Å². The Hall–Kier alpha value is -2.89. The summed E-state index contributed by atoms with van der Waals surface area (Å²) in [5, 5.41) is 2.87. The molecule has 3 rings (SSSR count). The lowest BCUT2D eigenvalue weighted by atomic mass is 10.1. The maximum Gasteiger partial charge on any atom is 0.317 e. The summed E-state index contributed by atoms with van der Waals surface area (Å²) in [6.07, 6.45) is 0.473. The minimum absolute atomic E-state index is 0.0541. The second kappa shape index (κ2) is 8.66. The Balaban J connectivity index is 1.45. The molecule has 0 saturated carbocycles. The predicted octanol–water partition coefficient (Wildman–Crippen LogP) is 3.10. The number of piperazine rings is 1. The molecule has 5 nitrogen and oxygen atoms in total. The van der Waals surface area contributed by atoms with Crippen LogP contribution in [0.2, 0.25) is 0 Å². The fourth-order valence-corrected chi connectivity index (χ4v) is 3.19. The quantitative estimate of drug-likeness (QED) is 0.824. The Kier molecular flexibility index (Phi) is 6.06. The van der Waals surface area contributed by atoms with Crippen molar-refractivity contribution in [2.24, 2.45) is 0 Å². The van der Waals surface area contributed by atoms with Gasteiger partial charge in [0.05, 0.1) is 0 Å². The van der Waals surface area contributed by atoms with E-state index in [-0.39, 0.29) is 17.6 Å². The van der Waals surface area contributed by atoms with E-state index in [0.29, 0.717) is 37.2 Å². The fourth-order valence-electron chi connectivity index (χ4n) is 3.19. The summed E-state index contributed by atoms with van der Waals surface area (Å²) in [6, 6.07) is 14.1. The highest BCUT2D eigenvalue weighted by Crippen LogP contribution is 2.17. The van der Waals surface area contributed by atoms with E-state index in [0.717, 1.165) is 18.8 Å². The molecule has 0 aliphatic carbocycles. The molecule has 0 unspecified atom stereocenters. The van der Waals surface area contributed by atoms with E-state index in [9.17, 15) is 14.0 Å². The first-order valence-corrected chi connectivity index (χ1v) is 9.17. The number of carbonyl (C=O) groups excluding carboxylic acids is 2. The van der Waals surface area contributed by atoms with Crippen molar-refractivity contribution in [3.63, 3.8) is 0 Å².